The molecule has 0 unspecified atom stereocenters. The average molecular weight is 203 g/mol. The first-order valence-electron chi connectivity index (χ1n) is 4.11. The molecule has 0 radical (unpaired) electrons. The fraction of sp³-hybridized carbons (Fsp3) is 0.571. The molecule has 13 heavy (non-hydrogen) atoms. The molecule has 0 bridgehead atoms. The second-order valence-electron chi connectivity index (χ2n) is 2.87. The van der Waals surface area contributed by atoms with Gasteiger partial charge in [-0.05, 0) is 0 Å². The highest BCUT2D eigenvalue weighted by Crippen LogP contribution is 2.28. The van der Waals surface area contributed by atoms with Crippen molar-refractivity contribution in [3.05, 3.63) is 5.02 Å². The van der Waals surface area contributed by atoms with E-state index < -0.39 is 0 Å². The third kappa shape index (κ3) is 1.57. The Hall–Kier alpha value is -0.940. The van der Waals surface area contributed by atoms with Gasteiger partial charge in [0, 0.05) is 13.1 Å². The molecule has 1 aliphatic rings. The first-order chi connectivity index (χ1) is 6.29. The molecule has 2 heterocycles. The number of hydrogen-bond donors (Lipinski definition) is 2. The molecule has 1 aromatic rings. The molecule has 1 aliphatic heterocycles. The predicted molar refractivity (Wildman–Crippen MR) is 51.0 cm³/mol. The number of morpholine rings is 1. The minimum absolute atomic E-state index is 0.420. The summed E-state index contributed by atoms with van der Waals surface area (Å²) in [7, 11) is 0. The number of ether oxygens (including phenoxy) is 1. The third-order valence-corrected chi connectivity index (χ3v) is 2.40. The number of aromatic amines is 1. The van der Waals surface area contributed by atoms with E-state index in [1.165, 1.54) is 0 Å². The number of aromatic nitrogens is 2. The lowest BCUT2D eigenvalue weighted by molar-refractivity contribution is 0.122. The molecule has 1 fully saturated rings. The summed E-state index contributed by atoms with van der Waals surface area (Å²) in [6.45, 7) is 3.04. The minimum atomic E-state index is 0.420. The van der Waals surface area contributed by atoms with Crippen LogP contribution in [0.5, 0.6) is 0 Å². The van der Waals surface area contributed by atoms with Gasteiger partial charge < -0.3 is 15.4 Å². The molecule has 0 saturated carbocycles. The third-order valence-electron chi connectivity index (χ3n) is 2.03. The van der Waals surface area contributed by atoms with Gasteiger partial charge in [0.15, 0.2) is 5.82 Å². The number of nitrogens with zero attached hydrogens (tertiary/aromatic N) is 2. The zero-order valence-electron chi connectivity index (χ0n) is 7.09. The topological polar surface area (TPSA) is 67.2 Å². The number of nitrogens with one attached hydrogen (secondary N) is 1. The number of nitrogen functional groups attached to an aromatic ring is 1. The fourth-order valence-electron chi connectivity index (χ4n) is 1.32. The van der Waals surface area contributed by atoms with Crippen LogP contribution in [0.4, 0.5) is 11.6 Å². The van der Waals surface area contributed by atoms with E-state index in [-0.39, 0.29) is 0 Å². The number of halogens is 1. The van der Waals surface area contributed by atoms with Crippen molar-refractivity contribution >= 4 is 23.2 Å². The van der Waals surface area contributed by atoms with E-state index in [0.717, 1.165) is 18.9 Å². The monoisotopic (exact) mass is 202 g/mol. The maximum atomic E-state index is 5.94. The Morgan fingerprint density at radius 3 is 2.69 bits per heavy atom. The number of H-pyrrole nitrogens is 1. The molecule has 2 rings (SSSR count). The van der Waals surface area contributed by atoms with Crippen molar-refractivity contribution in [1.82, 2.24) is 10.2 Å². The zero-order chi connectivity index (χ0) is 9.26. The van der Waals surface area contributed by atoms with Crippen LogP contribution in [0.2, 0.25) is 5.02 Å². The van der Waals surface area contributed by atoms with Gasteiger partial charge in [0.2, 0.25) is 0 Å². The molecular weight excluding hydrogens is 192 g/mol. The quantitative estimate of drug-likeness (QED) is 0.695. The molecule has 1 saturated heterocycles. The molecule has 0 atom stereocenters. The van der Waals surface area contributed by atoms with Gasteiger partial charge in [-0.25, -0.2) is 0 Å². The molecule has 0 amide bonds. The predicted octanol–water partition coefficient (Wildman–Crippen LogP) is 0.482. The van der Waals surface area contributed by atoms with Gasteiger partial charge >= 0.3 is 0 Å². The lowest BCUT2D eigenvalue weighted by Crippen LogP contribution is -2.36. The molecule has 1 aromatic heterocycles. The van der Waals surface area contributed by atoms with Crippen molar-refractivity contribution in [1.29, 1.82) is 0 Å². The second-order valence-corrected chi connectivity index (χ2v) is 3.25. The molecule has 3 N–H and O–H groups in total. The van der Waals surface area contributed by atoms with E-state index in [1.54, 1.807) is 0 Å². The van der Waals surface area contributed by atoms with Crippen LogP contribution in [0.1, 0.15) is 0 Å². The van der Waals surface area contributed by atoms with Crippen LogP contribution in [0.3, 0.4) is 0 Å². The summed E-state index contributed by atoms with van der Waals surface area (Å²) >= 11 is 5.94. The molecule has 6 heteroatoms. The molecule has 72 valence electrons. The van der Waals surface area contributed by atoms with Crippen molar-refractivity contribution in [2.45, 2.75) is 0 Å². The highest BCUT2D eigenvalue weighted by atomic mass is 35.5. The molecule has 0 aliphatic carbocycles. The van der Waals surface area contributed by atoms with Gasteiger partial charge in [0.25, 0.3) is 0 Å². The van der Waals surface area contributed by atoms with Gasteiger partial charge in [-0.1, -0.05) is 11.6 Å². The lowest BCUT2D eigenvalue weighted by Gasteiger charge is -2.26. The van der Waals surface area contributed by atoms with Crippen molar-refractivity contribution < 1.29 is 4.74 Å². The Balaban J connectivity index is 2.18. The van der Waals surface area contributed by atoms with Gasteiger partial charge in [-0.3, -0.25) is 5.10 Å². The van der Waals surface area contributed by atoms with E-state index >= 15 is 0 Å². The van der Waals surface area contributed by atoms with E-state index in [9.17, 15) is 0 Å². The van der Waals surface area contributed by atoms with Crippen molar-refractivity contribution in [2.24, 2.45) is 0 Å². The molecule has 5 nitrogen and oxygen atoms in total. The first-order valence-corrected chi connectivity index (χ1v) is 4.49. The zero-order valence-corrected chi connectivity index (χ0v) is 7.84. The Labute approximate surface area is 80.8 Å². The Morgan fingerprint density at radius 1 is 1.46 bits per heavy atom. The van der Waals surface area contributed by atoms with E-state index in [1.807, 2.05) is 0 Å². The summed E-state index contributed by atoms with van der Waals surface area (Å²) in [5.41, 5.74) is 5.54. The van der Waals surface area contributed by atoms with Crippen LogP contribution in [0.25, 0.3) is 0 Å². The Bertz CT molecular complexity index is 295. The maximum absolute atomic E-state index is 5.94. The summed E-state index contributed by atoms with van der Waals surface area (Å²) in [6.07, 6.45) is 0. The van der Waals surface area contributed by atoms with Gasteiger partial charge in [-0.15, -0.1) is 0 Å². The van der Waals surface area contributed by atoms with Crippen LogP contribution in [-0.4, -0.2) is 36.5 Å². The largest absolute Gasteiger partial charge is 0.383 e. The van der Waals surface area contributed by atoms with Crippen LogP contribution < -0.4 is 10.6 Å². The highest BCUT2D eigenvalue weighted by Gasteiger charge is 2.18. The van der Waals surface area contributed by atoms with E-state index in [0.29, 0.717) is 24.1 Å². The van der Waals surface area contributed by atoms with Crippen molar-refractivity contribution in [3.63, 3.8) is 0 Å². The SMILES string of the molecule is Nc1[nH]nc(N2CCOCC2)c1Cl. The highest BCUT2D eigenvalue weighted by molar-refractivity contribution is 6.35. The van der Waals surface area contributed by atoms with Gasteiger partial charge in [0.05, 0.1) is 13.2 Å². The van der Waals surface area contributed by atoms with Crippen LogP contribution >= 0.6 is 11.6 Å². The van der Waals surface area contributed by atoms with Crippen molar-refractivity contribution in [2.75, 3.05) is 36.9 Å². The number of anilines is 2. The Morgan fingerprint density at radius 2 is 2.15 bits per heavy atom. The van der Waals surface area contributed by atoms with E-state index in [4.69, 9.17) is 22.1 Å². The van der Waals surface area contributed by atoms with Gasteiger partial charge in [-0.2, -0.15) is 5.10 Å². The fourth-order valence-corrected chi connectivity index (χ4v) is 1.52. The standard InChI is InChI=1S/C7H11ClN4O/c8-5-6(9)10-11-7(5)12-1-3-13-4-2-12/h1-4H2,(H3,9,10,11). The minimum Gasteiger partial charge on any atom is -0.383 e. The summed E-state index contributed by atoms with van der Waals surface area (Å²) in [4.78, 5) is 2.05. The normalized spacial score (nSPS) is 17.8. The molecular formula is C7H11ClN4O. The van der Waals surface area contributed by atoms with Crippen LogP contribution in [0, 0.1) is 0 Å². The maximum Gasteiger partial charge on any atom is 0.171 e. The summed E-state index contributed by atoms with van der Waals surface area (Å²) < 4.78 is 5.21. The van der Waals surface area contributed by atoms with Crippen LogP contribution in [0.15, 0.2) is 0 Å². The van der Waals surface area contributed by atoms with Crippen molar-refractivity contribution in [3.8, 4) is 0 Å². The average Bonchev–Trinajstić information content (AvgIpc) is 2.49. The molecule has 0 spiro atoms. The second kappa shape index (κ2) is 3.43. The number of rotatable bonds is 1. The number of hydrogen-bond acceptors (Lipinski definition) is 4. The molecule has 0 aromatic carbocycles. The van der Waals surface area contributed by atoms with Gasteiger partial charge in [0.1, 0.15) is 10.8 Å². The summed E-state index contributed by atoms with van der Waals surface area (Å²) in [6, 6.07) is 0. The number of nitrogens with two attached hydrogens (primary N) is 1. The first kappa shape index (κ1) is 8.65. The lowest BCUT2D eigenvalue weighted by atomic mass is 10.4. The van der Waals surface area contributed by atoms with E-state index in [2.05, 4.69) is 15.1 Å². The summed E-state index contributed by atoms with van der Waals surface area (Å²) in [5, 5.41) is 7.18. The summed E-state index contributed by atoms with van der Waals surface area (Å²) in [5.74, 6) is 1.14. The Kier molecular flexibility index (Phi) is 2.28. The van der Waals surface area contributed by atoms with Crippen LogP contribution in [-0.2, 0) is 4.74 Å². The smallest absolute Gasteiger partial charge is 0.171 e.